The Morgan fingerprint density at radius 2 is 2.20 bits per heavy atom. The van der Waals surface area contributed by atoms with Crippen molar-refractivity contribution < 1.29 is 0 Å². The SMILES string of the molecule is CCNC(c1ccc(Br)c(C)c1)C1CC1. The van der Waals surface area contributed by atoms with Crippen molar-refractivity contribution in [1.29, 1.82) is 0 Å². The zero-order valence-corrected chi connectivity index (χ0v) is 11.0. The number of rotatable bonds is 4. The predicted octanol–water partition coefficient (Wildman–Crippen LogP) is 3.82. The van der Waals surface area contributed by atoms with Crippen LogP contribution in [-0.4, -0.2) is 6.54 Å². The fourth-order valence-electron chi connectivity index (χ4n) is 2.07. The Morgan fingerprint density at radius 3 is 2.73 bits per heavy atom. The monoisotopic (exact) mass is 267 g/mol. The molecule has 0 saturated heterocycles. The summed E-state index contributed by atoms with van der Waals surface area (Å²) in [6.45, 7) is 5.39. The maximum absolute atomic E-state index is 3.59. The Balaban J connectivity index is 2.21. The van der Waals surface area contributed by atoms with E-state index in [1.54, 1.807) is 0 Å². The van der Waals surface area contributed by atoms with Gasteiger partial charge in [-0.1, -0.05) is 35.0 Å². The lowest BCUT2D eigenvalue weighted by atomic mass is 10.0. The molecule has 2 heteroatoms. The molecule has 1 aromatic carbocycles. The first kappa shape index (κ1) is 11.2. The van der Waals surface area contributed by atoms with Crippen molar-refractivity contribution in [2.75, 3.05) is 6.54 Å². The molecule has 1 fully saturated rings. The standard InChI is InChI=1S/C13H18BrN/c1-3-15-13(10-4-5-10)11-6-7-12(14)9(2)8-11/h6-8,10,13,15H,3-5H2,1-2H3. The Hall–Kier alpha value is -0.340. The number of hydrogen-bond acceptors (Lipinski definition) is 1. The van der Waals surface area contributed by atoms with Gasteiger partial charge in [0.05, 0.1) is 0 Å². The highest BCUT2D eigenvalue weighted by molar-refractivity contribution is 9.10. The molecular formula is C13H18BrN. The molecule has 0 aliphatic heterocycles. The number of aryl methyl sites for hydroxylation is 1. The molecule has 0 radical (unpaired) electrons. The minimum absolute atomic E-state index is 0.571. The van der Waals surface area contributed by atoms with Crippen LogP contribution in [0.5, 0.6) is 0 Å². The van der Waals surface area contributed by atoms with Crippen LogP contribution in [0.3, 0.4) is 0 Å². The summed E-state index contributed by atoms with van der Waals surface area (Å²) in [6.07, 6.45) is 2.76. The molecule has 1 unspecified atom stereocenters. The van der Waals surface area contributed by atoms with Crippen molar-refractivity contribution in [2.24, 2.45) is 5.92 Å². The molecule has 2 rings (SSSR count). The molecule has 1 aromatic rings. The minimum Gasteiger partial charge on any atom is -0.310 e. The van der Waals surface area contributed by atoms with Gasteiger partial charge in [-0.25, -0.2) is 0 Å². The highest BCUT2D eigenvalue weighted by Gasteiger charge is 2.31. The predicted molar refractivity (Wildman–Crippen MR) is 68.0 cm³/mol. The van der Waals surface area contributed by atoms with Gasteiger partial charge < -0.3 is 5.32 Å². The van der Waals surface area contributed by atoms with Crippen LogP contribution >= 0.6 is 15.9 Å². The lowest BCUT2D eigenvalue weighted by molar-refractivity contribution is 0.496. The largest absolute Gasteiger partial charge is 0.310 e. The molecule has 0 amide bonds. The van der Waals surface area contributed by atoms with Gasteiger partial charge in [0, 0.05) is 10.5 Å². The van der Waals surface area contributed by atoms with Crippen molar-refractivity contribution in [3.8, 4) is 0 Å². The third-order valence-corrected chi connectivity index (χ3v) is 3.95. The van der Waals surface area contributed by atoms with Gasteiger partial charge >= 0.3 is 0 Å². The molecule has 1 saturated carbocycles. The number of hydrogen-bond donors (Lipinski definition) is 1. The molecule has 1 aliphatic carbocycles. The highest BCUT2D eigenvalue weighted by atomic mass is 79.9. The van der Waals surface area contributed by atoms with Crippen LogP contribution in [0.1, 0.15) is 36.9 Å². The minimum atomic E-state index is 0.571. The van der Waals surface area contributed by atoms with E-state index in [4.69, 9.17) is 0 Å². The summed E-state index contributed by atoms with van der Waals surface area (Å²) < 4.78 is 1.21. The van der Waals surface area contributed by atoms with Crippen molar-refractivity contribution >= 4 is 15.9 Å². The summed E-state index contributed by atoms with van der Waals surface area (Å²) in [6, 6.07) is 7.28. The molecule has 0 bridgehead atoms. The van der Waals surface area contributed by atoms with Crippen LogP contribution in [0.25, 0.3) is 0 Å². The molecule has 0 spiro atoms. The Bertz CT molecular complexity index is 344. The van der Waals surface area contributed by atoms with Gasteiger partial charge in [-0.05, 0) is 49.4 Å². The van der Waals surface area contributed by atoms with Crippen LogP contribution in [0.4, 0.5) is 0 Å². The van der Waals surface area contributed by atoms with Gasteiger partial charge in [0.2, 0.25) is 0 Å². The lowest BCUT2D eigenvalue weighted by Gasteiger charge is -2.18. The van der Waals surface area contributed by atoms with Gasteiger partial charge in [-0.2, -0.15) is 0 Å². The Kier molecular flexibility index (Phi) is 3.47. The van der Waals surface area contributed by atoms with Crippen molar-refractivity contribution in [1.82, 2.24) is 5.32 Å². The maximum atomic E-state index is 3.59. The first-order valence-electron chi connectivity index (χ1n) is 5.71. The van der Waals surface area contributed by atoms with E-state index in [9.17, 15) is 0 Å². The molecule has 82 valence electrons. The fraction of sp³-hybridized carbons (Fsp3) is 0.538. The molecule has 1 nitrogen and oxygen atoms in total. The van der Waals surface area contributed by atoms with Crippen LogP contribution < -0.4 is 5.32 Å². The molecular weight excluding hydrogens is 250 g/mol. The highest BCUT2D eigenvalue weighted by Crippen LogP contribution is 2.41. The van der Waals surface area contributed by atoms with Crippen LogP contribution in [0, 0.1) is 12.8 Å². The van der Waals surface area contributed by atoms with Gasteiger partial charge in [-0.15, -0.1) is 0 Å². The molecule has 1 N–H and O–H groups in total. The van der Waals surface area contributed by atoms with E-state index >= 15 is 0 Å². The molecule has 0 heterocycles. The normalized spacial score (nSPS) is 17.8. The van der Waals surface area contributed by atoms with Crippen LogP contribution in [0.2, 0.25) is 0 Å². The Morgan fingerprint density at radius 1 is 1.47 bits per heavy atom. The van der Waals surface area contributed by atoms with Gasteiger partial charge in [0.25, 0.3) is 0 Å². The summed E-state index contributed by atoms with van der Waals surface area (Å²) in [5, 5.41) is 3.59. The van der Waals surface area contributed by atoms with Crippen LogP contribution in [0.15, 0.2) is 22.7 Å². The molecule has 1 aliphatic rings. The van der Waals surface area contributed by atoms with E-state index in [2.05, 4.69) is 53.3 Å². The summed E-state index contributed by atoms with van der Waals surface area (Å²) in [5.41, 5.74) is 2.77. The third-order valence-electron chi connectivity index (χ3n) is 3.06. The second-order valence-corrected chi connectivity index (χ2v) is 5.24. The Labute approximate surface area is 100 Å². The first-order valence-corrected chi connectivity index (χ1v) is 6.51. The van der Waals surface area contributed by atoms with Crippen LogP contribution in [-0.2, 0) is 0 Å². The van der Waals surface area contributed by atoms with E-state index in [0.717, 1.165) is 12.5 Å². The van der Waals surface area contributed by atoms with E-state index in [1.807, 2.05) is 0 Å². The topological polar surface area (TPSA) is 12.0 Å². The zero-order valence-electron chi connectivity index (χ0n) is 9.39. The first-order chi connectivity index (χ1) is 7.22. The summed E-state index contributed by atoms with van der Waals surface area (Å²) in [4.78, 5) is 0. The summed E-state index contributed by atoms with van der Waals surface area (Å²) in [7, 11) is 0. The van der Waals surface area contributed by atoms with E-state index < -0.39 is 0 Å². The third kappa shape index (κ3) is 2.61. The number of benzene rings is 1. The van der Waals surface area contributed by atoms with E-state index in [0.29, 0.717) is 6.04 Å². The molecule has 0 aromatic heterocycles. The van der Waals surface area contributed by atoms with Gasteiger partial charge in [-0.3, -0.25) is 0 Å². The fourth-order valence-corrected chi connectivity index (χ4v) is 2.31. The lowest BCUT2D eigenvalue weighted by Crippen LogP contribution is -2.22. The van der Waals surface area contributed by atoms with Gasteiger partial charge in [0.15, 0.2) is 0 Å². The van der Waals surface area contributed by atoms with Crippen molar-refractivity contribution in [3.05, 3.63) is 33.8 Å². The zero-order chi connectivity index (χ0) is 10.8. The average molecular weight is 268 g/mol. The second-order valence-electron chi connectivity index (χ2n) is 4.38. The number of halogens is 1. The maximum Gasteiger partial charge on any atom is 0.0348 e. The second kappa shape index (κ2) is 4.67. The van der Waals surface area contributed by atoms with E-state index in [-0.39, 0.29) is 0 Å². The average Bonchev–Trinajstić information content (AvgIpc) is 3.02. The van der Waals surface area contributed by atoms with Gasteiger partial charge in [0.1, 0.15) is 0 Å². The molecule has 1 atom stereocenters. The van der Waals surface area contributed by atoms with E-state index in [1.165, 1.54) is 28.4 Å². The molecule has 15 heavy (non-hydrogen) atoms. The van der Waals surface area contributed by atoms with Crippen molar-refractivity contribution in [2.45, 2.75) is 32.7 Å². The smallest absolute Gasteiger partial charge is 0.0348 e. The number of nitrogens with one attached hydrogen (secondary N) is 1. The quantitative estimate of drug-likeness (QED) is 0.875. The summed E-state index contributed by atoms with van der Waals surface area (Å²) in [5.74, 6) is 0.866. The van der Waals surface area contributed by atoms with Crippen molar-refractivity contribution in [3.63, 3.8) is 0 Å². The summed E-state index contributed by atoms with van der Waals surface area (Å²) >= 11 is 3.55.